The van der Waals surface area contributed by atoms with Crippen molar-refractivity contribution in [2.24, 2.45) is 4.99 Å². The van der Waals surface area contributed by atoms with Crippen molar-refractivity contribution in [3.63, 3.8) is 0 Å². The molecule has 6 heteroatoms. The van der Waals surface area contributed by atoms with Crippen molar-refractivity contribution in [1.82, 2.24) is 0 Å². The molecule has 0 fully saturated rings. The van der Waals surface area contributed by atoms with Gasteiger partial charge in [0.2, 0.25) is 0 Å². The van der Waals surface area contributed by atoms with Crippen LogP contribution in [0.3, 0.4) is 0 Å². The van der Waals surface area contributed by atoms with Crippen LogP contribution in [-0.2, 0) is 16.0 Å². The number of aliphatic imine (C=N–C) groups is 1. The van der Waals surface area contributed by atoms with Gasteiger partial charge in [-0.2, -0.15) is 0 Å². The van der Waals surface area contributed by atoms with Crippen molar-refractivity contribution in [2.75, 3.05) is 14.2 Å². The Morgan fingerprint density at radius 1 is 1.12 bits per heavy atom. The minimum absolute atomic E-state index is 0.228. The molecule has 0 saturated carbocycles. The summed E-state index contributed by atoms with van der Waals surface area (Å²) in [6.45, 7) is 0. The molecule has 0 N–H and O–H groups in total. The standard InChI is InChI=1S/C20H18ClNO4/c1-24-15-8-9-18(25-2)14(11-15)12-17-20(23)26-19(22-17)10-7-13-5-3-4-6-16(13)21/h3-6,8-9,11-12H,7,10H2,1-2H3/b17-12-. The highest BCUT2D eigenvalue weighted by Crippen LogP contribution is 2.28. The number of esters is 1. The highest BCUT2D eigenvalue weighted by atomic mass is 35.5. The Morgan fingerprint density at radius 2 is 1.92 bits per heavy atom. The van der Waals surface area contributed by atoms with Crippen LogP contribution in [0.2, 0.25) is 5.02 Å². The maximum Gasteiger partial charge on any atom is 0.363 e. The van der Waals surface area contributed by atoms with Gasteiger partial charge in [0, 0.05) is 17.0 Å². The minimum atomic E-state index is -0.482. The Bertz CT molecular complexity index is 889. The van der Waals surface area contributed by atoms with Crippen LogP contribution in [0.25, 0.3) is 6.08 Å². The number of carbonyl (C=O) groups excluding carboxylic acids is 1. The van der Waals surface area contributed by atoms with Gasteiger partial charge in [-0.05, 0) is 42.3 Å². The molecule has 0 aliphatic carbocycles. The van der Waals surface area contributed by atoms with Gasteiger partial charge < -0.3 is 14.2 Å². The number of carbonyl (C=O) groups is 1. The Labute approximate surface area is 156 Å². The molecule has 2 aromatic carbocycles. The lowest BCUT2D eigenvalue weighted by molar-refractivity contribution is -0.130. The number of benzene rings is 2. The highest BCUT2D eigenvalue weighted by Gasteiger charge is 2.23. The van der Waals surface area contributed by atoms with Crippen LogP contribution in [0.1, 0.15) is 17.5 Å². The first kappa shape index (κ1) is 18.0. The number of hydrogen-bond donors (Lipinski definition) is 0. The van der Waals surface area contributed by atoms with Crippen molar-refractivity contribution >= 4 is 29.5 Å². The summed E-state index contributed by atoms with van der Waals surface area (Å²) in [6.07, 6.45) is 2.76. The summed E-state index contributed by atoms with van der Waals surface area (Å²) < 4.78 is 15.8. The molecule has 2 aromatic rings. The molecule has 0 aromatic heterocycles. The van der Waals surface area contributed by atoms with E-state index in [9.17, 15) is 4.79 Å². The van der Waals surface area contributed by atoms with Gasteiger partial charge >= 0.3 is 5.97 Å². The van der Waals surface area contributed by atoms with Crippen molar-refractivity contribution in [1.29, 1.82) is 0 Å². The van der Waals surface area contributed by atoms with E-state index in [-0.39, 0.29) is 5.70 Å². The van der Waals surface area contributed by atoms with Crippen LogP contribution in [0.5, 0.6) is 11.5 Å². The van der Waals surface area contributed by atoms with E-state index < -0.39 is 5.97 Å². The minimum Gasteiger partial charge on any atom is -0.497 e. The van der Waals surface area contributed by atoms with Crippen molar-refractivity contribution in [3.05, 3.63) is 64.3 Å². The fraction of sp³-hybridized carbons (Fsp3) is 0.200. The first-order valence-corrected chi connectivity index (χ1v) is 8.45. The summed E-state index contributed by atoms with van der Waals surface area (Å²) in [5.41, 5.74) is 1.90. The zero-order chi connectivity index (χ0) is 18.5. The van der Waals surface area contributed by atoms with Gasteiger partial charge in [0.15, 0.2) is 11.6 Å². The average Bonchev–Trinajstić information content (AvgIpc) is 3.00. The van der Waals surface area contributed by atoms with E-state index >= 15 is 0 Å². The normalized spacial score (nSPS) is 15.0. The van der Waals surface area contributed by atoms with Crippen LogP contribution >= 0.6 is 11.6 Å². The molecule has 0 atom stereocenters. The first-order valence-electron chi connectivity index (χ1n) is 8.07. The molecule has 0 spiro atoms. The van der Waals surface area contributed by atoms with Gasteiger partial charge in [-0.25, -0.2) is 9.79 Å². The van der Waals surface area contributed by atoms with Crippen molar-refractivity contribution < 1.29 is 19.0 Å². The van der Waals surface area contributed by atoms with E-state index in [0.29, 0.717) is 40.8 Å². The van der Waals surface area contributed by atoms with Gasteiger partial charge in [0.1, 0.15) is 11.5 Å². The summed E-state index contributed by atoms with van der Waals surface area (Å²) in [7, 11) is 3.14. The third-order valence-electron chi connectivity index (χ3n) is 3.96. The molecular weight excluding hydrogens is 354 g/mol. The number of hydrogen-bond acceptors (Lipinski definition) is 5. The van der Waals surface area contributed by atoms with Crippen molar-refractivity contribution in [2.45, 2.75) is 12.8 Å². The number of methoxy groups -OCH3 is 2. The number of aryl methyl sites for hydroxylation is 1. The Kier molecular flexibility index (Phi) is 5.58. The van der Waals surface area contributed by atoms with Gasteiger partial charge in [0.05, 0.1) is 14.2 Å². The molecule has 26 heavy (non-hydrogen) atoms. The highest BCUT2D eigenvalue weighted by molar-refractivity contribution is 6.31. The van der Waals surface area contributed by atoms with Crippen LogP contribution in [0.15, 0.2) is 53.2 Å². The zero-order valence-corrected chi connectivity index (χ0v) is 15.2. The molecule has 1 aliphatic heterocycles. The summed E-state index contributed by atoms with van der Waals surface area (Å²) >= 11 is 6.15. The number of rotatable bonds is 6. The quantitative estimate of drug-likeness (QED) is 0.561. The fourth-order valence-electron chi connectivity index (χ4n) is 2.60. The molecule has 0 amide bonds. The number of nitrogens with zero attached hydrogens (tertiary/aromatic N) is 1. The molecule has 0 unspecified atom stereocenters. The maximum atomic E-state index is 12.1. The first-order chi connectivity index (χ1) is 12.6. The van der Waals surface area contributed by atoms with Gasteiger partial charge in [0.25, 0.3) is 0 Å². The summed E-state index contributed by atoms with van der Waals surface area (Å²) in [6, 6.07) is 12.9. The van der Waals surface area contributed by atoms with E-state index in [2.05, 4.69) is 4.99 Å². The van der Waals surface area contributed by atoms with Crippen LogP contribution in [-0.4, -0.2) is 26.1 Å². The van der Waals surface area contributed by atoms with Crippen LogP contribution in [0, 0.1) is 0 Å². The van der Waals surface area contributed by atoms with Crippen LogP contribution in [0.4, 0.5) is 0 Å². The van der Waals surface area contributed by atoms with Gasteiger partial charge in [-0.15, -0.1) is 0 Å². The predicted molar refractivity (Wildman–Crippen MR) is 101 cm³/mol. The zero-order valence-electron chi connectivity index (χ0n) is 14.5. The molecule has 134 valence electrons. The summed E-state index contributed by atoms with van der Waals surface area (Å²) in [5, 5.41) is 0.689. The maximum absolute atomic E-state index is 12.1. The monoisotopic (exact) mass is 371 g/mol. The summed E-state index contributed by atoms with van der Waals surface area (Å²) in [5.74, 6) is 1.17. The SMILES string of the molecule is COc1ccc(OC)c(/C=C2\N=C(CCc3ccccc3Cl)OC2=O)c1. The second kappa shape index (κ2) is 8.06. The van der Waals surface area contributed by atoms with Crippen molar-refractivity contribution in [3.8, 4) is 11.5 Å². The lowest BCUT2D eigenvalue weighted by Gasteiger charge is -2.07. The fourth-order valence-corrected chi connectivity index (χ4v) is 2.83. The molecule has 0 saturated heterocycles. The van der Waals surface area contributed by atoms with E-state index in [0.717, 1.165) is 5.56 Å². The lowest BCUT2D eigenvalue weighted by Crippen LogP contribution is -2.05. The third kappa shape index (κ3) is 4.06. The third-order valence-corrected chi connectivity index (χ3v) is 4.33. The smallest absolute Gasteiger partial charge is 0.363 e. The lowest BCUT2D eigenvalue weighted by atomic mass is 10.1. The number of halogens is 1. The molecule has 3 rings (SSSR count). The van der Waals surface area contributed by atoms with E-state index in [1.807, 2.05) is 24.3 Å². The number of cyclic esters (lactones) is 1. The second-order valence-corrected chi connectivity index (χ2v) is 6.03. The van der Waals surface area contributed by atoms with E-state index in [1.165, 1.54) is 0 Å². The molecule has 0 radical (unpaired) electrons. The summed E-state index contributed by atoms with van der Waals surface area (Å²) in [4.78, 5) is 16.4. The Morgan fingerprint density at radius 3 is 2.65 bits per heavy atom. The number of ether oxygens (including phenoxy) is 3. The van der Waals surface area contributed by atoms with Gasteiger partial charge in [-0.1, -0.05) is 29.8 Å². The van der Waals surface area contributed by atoms with E-state index in [1.54, 1.807) is 38.5 Å². The van der Waals surface area contributed by atoms with Crippen LogP contribution < -0.4 is 9.47 Å². The Balaban J connectivity index is 1.79. The molecule has 0 bridgehead atoms. The molecule has 1 heterocycles. The molecule has 1 aliphatic rings. The average molecular weight is 372 g/mol. The largest absolute Gasteiger partial charge is 0.497 e. The second-order valence-electron chi connectivity index (χ2n) is 5.62. The van der Waals surface area contributed by atoms with Gasteiger partial charge in [-0.3, -0.25) is 0 Å². The molecule has 5 nitrogen and oxygen atoms in total. The van der Waals surface area contributed by atoms with E-state index in [4.69, 9.17) is 25.8 Å². The molecular formula is C20H18ClNO4. The predicted octanol–water partition coefficient (Wildman–Crippen LogP) is 4.29. The topological polar surface area (TPSA) is 57.1 Å². The Hall–Kier alpha value is -2.79.